The van der Waals surface area contributed by atoms with Gasteiger partial charge in [0.15, 0.2) is 0 Å². The second-order valence-corrected chi connectivity index (χ2v) is 9.14. The molecule has 2 aliphatic rings. The first-order chi connectivity index (χ1) is 13.8. The molecule has 6 nitrogen and oxygen atoms in total. The monoisotopic (exact) mass is 402 g/mol. The van der Waals surface area contributed by atoms with Gasteiger partial charge in [-0.15, -0.1) is 0 Å². The van der Waals surface area contributed by atoms with Gasteiger partial charge < -0.3 is 9.47 Å². The van der Waals surface area contributed by atoms with Gasteiger partial charge in [-0.3, -0.25) is 9.80 Å². The van der Waals surface area contributed by atoms with Gasteiger partial charge in [-0.05, 0) is 64.5 Å². The summed E-state index contributed by atoms with van der Waals surface area (Å²) in [7, 11) is 1.38. The Bertz CT molecular complexity index is 701. The van der Waals surface area contributed by atoms with E-state index in [1.54, 1.807) is 4.90 Å². The average molecular weight is 403 g/mol. The third-order valence-corrected chi connectivity index (χ3v) is 5.92. The van der Waals surface area contributed by atoms with Gasteiger partial charge >= 0.3 is 12.1 Å². The van der Waals surface area contributed by atoms with Crippen LogP contribution in [0.5, 0.6) is 0 Å². The number of hydrogen-bond acceptors (Lipinski definition) is 5. The van der Waals surface area contributed by atoms with Crippen molar-refractivity contribution in [3.8, 4) is 0 Å². The summed E-state index contributed by atoms with van der Waals surface area (Å²) in [6.45, 7) is 8.04. The number of likely N-dealkylation sites (tertiary alicyclic amines) is 2. The zero-order valence-electron chi connectivity index (χ0n) is 18.1. The molecule has 3 rings (SSSR count). The van der Waals surface area contributed by atoms with E-state index in [0.717, 1.165) is 25.9 Å². The second kappa shape index (κ2) is 9.16. The second-order valence-electron chi connectivity index (χ2n) is 9.14. The van der Waals surface area contributed by atoms with Crippen LogP contribution in [0.1, 0.15) is 57.9 Å². The molecule has 0 radical (unpaired) electrons. The first-order valence-corrected chi connectivity index (χ1v) is 10.6. The highest BCUT2D eigenvalue weighted by Gasteiger charge is 2.41. The number of hydrogen-bond donors (Lipinski definition) is 0. The molecule has 3 unspecified atom stereocenters. The Labute approximate surface area is 174 Å². The normalized spacial score (nSPS) is 26.1. The number of benzene rings is 1. The molecule has 2 saturated heterocycles. The highest BCUT2D eigenvalue weighted by atomic mass is 16.6. The number of esters is 1. The highest BCUT2D eigenvalue weighted by Crippen LogP contribution is 2.32. The molecule has 1 amide bonds. The Hall–Kier alpha value is -2.08. The van der Waals surface area contributed by atoms with Crippen LogP contribution < -0.4 is 0 Å². The Morgan fingerprint density at radius 2 is 1.79 bits per heavy atom. The molecule has 3 atom stereocenters. The van der Waals surface area contributed by atoms with E-state index in [-0.39, 0.29) is 12.0 Å². The molecular weight excluding hydrogens is 368 g/mol. The fraction of sp³-hybridized carbons (Fsp3) is 0.652. The highest BCUT2D eigenvalue weighted by molar-refractivity contribution is 5.81. The van der Waals surface area contributed by atoms with Gasteiger partial charge in [-0.2, -0.15) is 0 Å². The van der Waals surface area contributed by atoms with Crippen LogP contribution in [-0.2, 0) is 14.3 Å². The molecule has 0 bridgehead atoms. The summed E-state index contributed by atoms with van der Waals surface area (Å²) in [4.78, 5) is 29.2. The van der Waals surface area contributed by atoms with Crippen molar-refractivity contribution in [2.75, 3.05) is 26.7 Å². The molecule has 2 heterocycles. The molecule has 0 N–H and O–H groups in total. The van der Waals surface area contributed by atoms with Crippen molar-refractivity contribution in [1.29, 1.82) is 0 Å². The van der Waals surface area contributed by atoms with E-state index >= 15 is 0 Å². The molecular formula is C23H34N2O4. The molecule has 0 spiro atoms. The Morgan fingerprint density at radius 3 is 2.45 bits per heavy atom. The minimum atomic E-state index is -0.593. The van der Waals surface area contributed by atoms with Crippen molar-refractivity contribution in [1.82, 2.24) is 9.80 Å². The van der Waals surface area contributed by atoms with E-state index in [0.29, 0.717) is 18.9 Å². The van der Waals surface area contributed by atoms with Crippen LogP contribution in [-0.4, -0.2) is 66.3 Å². The predicted molar refractivity (Wildman–Crippen MR) is 112 cm³/mol. The number of ether oxygens (including phenoxy) is 2. The van der Waals surface area contributed by atoms with Crippen molar-refractivity contribution in [3.05, 3.63) is 35.9 Å². The molecule has 0 aromatic heterocycles. The van der Waals surface area contributed by atoms with Crippen LogP contribution in [0, 0.1) is 0 Å². The summed E-state index contributed by atoms with van der Waals surface area (Å²) in [5.74, 6) is 0.155. The van der Waals surface area contributed by atoms with E-state index in [4.69, 9.17) is 9.47 Å². The maximum absolute atomic E-state index is 12.6. The lowest BCUT2D eigenvalue weighted by atomic mass is 9.87. The fourth-order valence-electron chi connectivity index (χ4n) is 4.51. The molecule has 0 aliphatic carbocycles. The largest absolute Gasteiger partial charge is 0.467 e. The first-order valence-electron chi connectivity index (χ1n) is 10.6. The van der Waals surface area contributed by atoms with Gasteiger partial charge in [0.25, 0.3) is 0 Å². The maximum atomic E-state index is 12.6. The molecule has 0 saturated carbocycles. The topological polar surface area (TPSA) is 59.1 Å². The fourth-order valence-corrected chi connectivity index (χ4v) is 4.51. The van der Waals surface area contributed by atoms with Crippen molar-refractivity contribution >= 4 is 12.1 Å². The predicted octanol–water partition coefficient (Wildman–Crippen LogP) is 3.81. The molecule has 29 heavy (non-hydrogen) atoms. The van der Waals surface area contributed by atoms with E-state index in [1.807, 2.05) is 20.8 Å². The number of methoxy groups -OCH3 is 1. The third kappa shape index (κ3) is 5.50. The number of carbonyl (C=O) groups is 2. The van der Waals surface area contributed by atoms with Gasteiger partial charge in [0.1, 0.15) is 11.6 Å². The van der Waals surface area contributed by atoms with Crippen molar-refractivity contribution < 1.29 is 19.1 Å². The zero-order chi connectivity index (χ0) is 21.0. The van der Waals surface area contributed by atoms with Crippen LogP contribution in [0.2, 0.25) is 0 Å². The maximum Gasteiger partial charge on any atom is 0.411 e. The number of nitrogens with zero attached hydrogens (tertiary/aromatic N) is 2. The lowest BCUT2D eigenvalue weighted by Crippen LogP contribution is -2.57. The van der Waals surface area contributed by atoms with E-state index in [1.165, 1.54) is 19.1 Å². The van der Waals surface area contributed by atoms with Crippen LogP contribution in [0.4, 0.5) is 4.79 Å². The number of piperidine rings is 2. The minimum absolute atomic E-state index is 0.268. The molecule has 1 aromatic carbocycles. The first kappa shape index (κ1) is 21.6. The third-order valence-electron chi connectivity index (χ3n) is 5.92. The van der Waals surface area contributed by atoms with Crippen molar-refractivity contribution in [2.24, 2.45) is 0 Å². The summed E-state index contributed by atoms with van der Waals surface area (Å²) in [5.41, 5.74) is 0.789. The molecule has 1 aromatic rings. The lowest BCUT2D eigenvalue weighted by Gasteiger charge is -2.45. The van der Waals surface area contributed by atoms with E-state index < -0.39 is 17.7 Å². The minimum Gasteiger partial charge on any atom is -0.467 e. The Balaban J connectivity index is 1.69. The smallest absolute Gasteiger partial charge is 0.411 e. The van der Waals surface area contributed by atoms with Gasteiger partial charge in [-0.25, -0.2) is 9.59 Å². The van der Waals surface area contributed by atoms with Gasteiger partial charge in [0, 0.05) is 19.1 Å². The summed E-state index contributed by atoms with van der Waals surface area (Å²) < 4.78 is 10.5. The zero-order valence-corrected chi connectivity index (χ0v) is 18.1. The lowest BCUT2D eigenvalue weighted by molar-refractivity contribution is -0.149. The Kier molecular flexibility index (Phi) is 6.83. The van der Waals surface area contributed by atoms with Crippen molar-refractivity contribution in [3.63, 3.8) is 0 Å². The van der Waals surface area contributed by atoms with Gasteiger partial charge in [0.2, 0.25) is 0 Å². The van der Waals surface area contributed by atoms with E-state index in [9.17, 15) is 9.59 Å². The number of carbonyl (C=O) groups excluding carboxylic acids is 2. The summed E-state index contributed by atoms with van der Waals surface area (Å²) >= 11 is 0. The summed E-state index contributed by atoms with van der Waals surface area (Å²) in [6, 6.07) is 10.3. The molecule has 2 fully saturated rings. The average Bonchev–Trinajstić information content (AvgIpc) is 2.72. The molecule has 6 heteroatoms. The van der Waals surface area contributed by atoms with Crippen LogP contribution >= 0.6 is 0 Å². The van der Waals surface area contributed by atoms with Crippen LogP contribution in [0.15, 0.2) is 30.3 Å². The SMILES string of the molecule is COC(=O)C1CC(N2CCCC(c3ccccc3)C2)CCN1C(=O)OC(C)(C)C. The summed E-state index contributed by atoms with van der Waals surface area (Å²) in [5, 5.41) is 0. The van der Waals surface area contributed by atoms with Crippen LogP contribution in [0.3, 0.4) is 0 Å². The number of amides is 1. The standard InChI is InChI=1S/C23H34N2O4/c1-23(2,3)29-22(27)25-14-12-19(15-20(25)21(26)28-4)24-13-8-11-18(16-24)17-9-6-5-7-10-17/h5-7,9-10,18-20H,8,11-16H2,1-4H3. The molecule has 160 valence electrons. The Morgan fingerprint density at radius 1 is 1.07 bits per heavy atom. The van der Waals surface area contributed by atoms with Gasteiger partial charge in [0.05, 0.1) is 7.11 Å². The van der Waals surface area contributed by atoms with E-state index in [2.05, 4.69) is 35.2 Å². The number of rotatable bonds is 3. The van der Waals surface area contributed by atoms with Gasteiger partial charge in [-0.1, -0.05) is 30.3 Å². The summed E-state index contributed by atoms with van der Waals surface area (Å²) in [6.07, 6.45) is 3.33. The molecule has 2 aliphatic heterocycles. The van der Waals surface area contributed by atoms with Crippen molar-refractivity contribution in [2.45, 2.75) is 70.1 Å². The quantitative estimate of drug-likeness (QED) is 0.720. The van der Waals surface area contributed by atoms with Crippen LogP contribution in [0.25, 0.3) is 0 Å².